The SMILES string of the molecule is CC(C)c1ccccc1OCCN1CCC2(CCN(CCN3CCOCC3)C2=O)C1. The molecule has 1 atom stereocenters. The van der Waals surface area contributed by atoms with Crippen molar-refractivity contribution in [3.63, 3.8) is 0 Å². The van der Waals surface area contributed by atoms with Crippen molar-refractivity contribution in [1.82, 2.24) is 14.7 Å². The predicted octanol–water partition coefficient (Wildman–Crippen LogP) is 2.45. The largest absolute Gasteiger partial charge is 0.492 e. The zero-order valence-corrected chi connectivity index (χ0v) is 18.6. The number of hydrogen-bond acceptors (Lipinski definition) is 5. The molecule has 1 spiro atoms. The Kier molecular flexibility index (Phi) is 6.96. The van der Waals surface area contributed by atoms with E-state index in [2.05, 4.69) is 46.7 Å². The number of likely N-dealkylation sites (tertiary alicyclic amines) is 2. The van der Waals surface area contributed by atoms with Crippen molar-refractivity contribution in [2.75, 3.05) is 72.2 Å². The lowest BCUT2D eigenvalue weighted by Crippen LogP contribution is -2.43. The smallest absolute Gasteiger partial charge is 0.230 e. The molecule has 4 rings (SSSR count). The van der Waals surface area contributed by atoms with Crippen molar-refractivity contribution in [1.29, 1.82) is 0 Å². The molecule has 0 saturated carbocycles. The molecular weight excluding hydrogens is 378 g/mol. The van der Waals surface area contributed by atoms with E-state index in [1.54, 1.807) is 0 Å². The van der Waals surface area contributed by atoms with Gasteiger partial charge < -0.3 is 14.4 Å². The first kappa shape index (κ1) is 21.6. The van der Waals surface area contributed by atoms with E-state index in [4.69, 9.17) is 9.47 Å². The van der Waals surface area contributed by atoms with Gasteiger partial charge in [-0.1, -0.05) is 32.0 Å². The van der Waals surface area contributed by atoms with E-state index in [1.165, 1.54) is 5.56 Å². The number of morpholine rings is 1. The molecule has 1 amide bonds. The van der Waals surface area contributed by atoms with E-state index in [0.717, 1.165) is 84.2 Å². The van der Waals surface area contributed by atoms with Gasteiger partial charge in [-0.05, 0) is 36.9 Å². The van der Waals surface area contributed by atoms with Crippen LogP contribution in [0.5, 0.6) is 5.75 Å². The van der Waals surface area contributed by atoms with Crippen LogP contribution in [0.25, 0.3) is 0 Å². The number of rotatable bonds is 8. The number of nitrogens with zero attached hydrogens (tertiary/aromatic N) is 3. The summed E-state index contributed by atoms with van der Waals surface area (Å²) in [6.45, 7) is 14.2. The highest BCUT2D eigenvalue weighted by atomic mass is 16.5. The summed E-state index contributed by atoms with van der Waals surface area (Å²) in [7, 11) is 0. The van der Waals surface area contributed by atoms with Gasteiger partial charge in [0, 0.05) is 45.8 Å². The lowest BCUT2D eigenvalue weighted by atomic mass is 9.85. The minimum atomic E-state index is -0.152. The van der Waals surface area contributed by atoms with Crippen LogP contribution in [-0.2, 0) is 9.53 Å². The second-order valence-electron chi connectivity index (χ2n) is 9.34. The van der Waals surface area contributed by atoms with Gasteiger partial charge in [0.2, 0.25) is 5.91 Å². The molecule has 30 heavy (non-hydrogen) atoms. The van der Waals surface area contributed by atoms with Crippen LogP contribution < -0.4 is 4.74 Å². The average molecular weight is 416 g/mol. The molecule has 3 fully saturated rings. The summed E-state index contributed by atoms with van der Waals surface area (Å²) >= 11 is 0. The predicted molar refractivity (Wildman–Crippen MR) is 118 cm³/mol. The summed E-state index contributed by atoms with van der Waals surface area (Å²) in [6.07, 6.45) is 1.99. The third-order valence-corrected chi connectivity index (χ3v) is 7.03. The third-order valence-electron chi connectivity index (χ3n) is 7.03. The van der Waals surface area contributed by atoms with Crippen LogP contribution in [0.2, 0.25) is 0 Å². The van der Waals surface area contributed by atoms with Gasteiger partial charge in [0.1, 0.15) is 12.4 Å². The highest BCUT2D eigenvalue weighted by Crippen LogP contribution is 2.40. The van der Waals surface area contributed by atoms with Gasteiger partial charge in [0.25, 0.3) is 0 Å². The minimum Gasteiger partial charge on any atom is -0.492 e. The summed E-state index contributed by atoms with van der Waals surface area (Å²) in [5.41, 5.74) is 1.11. The van der Waals surface area contributed by atoms with Gasteiger partial charge in [-0.3, -0.25) is 14.6 Å². The first-order valence-corrected chi connectivity index (χ1v) is 11.6. The van der Waals surface area contributed by atoms with Gasteiger partial charge >= 0.3 is 0 Å². The lowest BCUT2D eigenvalue weighted by Gasteiger charge is -2.29. The summed E-state index contributed by atoms with van der Waals surface area (Å²) in [4.78, 5) is 20.1. The molecule has 3 heterocycles. The molecule has 0 aromatic heterocycles. The molecule has 3 saturated heterocycles. The Morgan fingerprint density at radius 1 is 1.00 bits per heavy atom. The molecule has 1 aromatic carbocycles. The van der Waals surface area contributed by atoms with Crippen molar-refractivity contribution < 1.29 is 14.3 Å². The molecule has 1 aromatic rings. The molecule has 3 aliphatic heterocycles. The third kappa shape index (κ3) is 4.82. The van der Waals surface area contributed by atoms with E-state index in [9.17, 15) is 4.79 Å². The van der Waals surface area contributed by atoms with Gasteiger partial charge in [-0.25, -0.2) is 0 Å². The van der Waals surface area contributed by atoms with Crippen LogP contribution in [0.4, 0.5) is 0 Å². The fourth-order valence-electron chi connectivity index (χ4n) is 5.09. The van der Waals surface area contributed by atoms with Crippen LogP contribution in [0.15, 0.2) is 24.3 Å². The molecular formula is C24H37N3O3. The normalized spacial score (nSPS) is 25.7. The van der Waals surface area contributed by atoms with Crippen LogP contribution >= 0.6 is 0 Å². The second-order valence-corrected chi connectivity index (χ2v) is 9.34. The van der Waals surface area contributed by atoms with Crippen molar-refractivity contribution in [2.45, 2.75) is 32.6 Å². The van der Waals surface area contributed by atoms with Crippen LogP contribution in [0.3, 0.4) is 0 Å². The number of amides is 1. The average Bonchev–Trinajstić information content (AvgIpc) is 3.31. The van der Waals surface area contributed by atoms with Crippen molar-refractivity contribution in [3.8, 4) is 5.75 Å². The zero-order chi connectivity index (χ0) is 21.0. The molecule has 6 heteroatoms. The van der Waals surface area contributed by atoms with Gasteiger partial charge in [-0.15, -0.1) is 0 Å². The highest BCUT2D eigenvalue weighted by Gasteiger charge is 2.50. The van der Waals surface area contributed by atoms with Gasteiger partial charge in [-0.2, -0.15) is 0 Å². The molecule has 1 unspecified atom stereocenters. The lowest BCUT2D eigenvalue weighted by molar-refractivity contribution is -0.135. The fraction of sp³-hybridized carbons (Fsp3) is 0.708. The first-order chi connectivity index (χ1) is 14.6. The molecule has 3 aliphatic rings. The minimum absolute atomic E-state index is 0.152. The number of carbonyl (C=O) groups is 1. The maximum absolute atomic E-state index is 13.2. The zero-order valence-electron chi connectivity index (χ0n) is 18.6. The Morgan fingerprint density at radius 3 is 2.57 bits per heavy atom. The molecule has 0 bridgehead atoms. The maximum atomic E-state index is 13.2. The molecule has 6 nitrogen and oxygen atoms in total. The van der Waals surface area contributed by atoms with E-state index in [0.29, 0.717) is 18.4 Å². The summed E-state index contributed by atoms with van der Waals surface area (Å²) < 4.78 is 11.5. The summed E-state index contributed by atoms with van der Waals surface area (Å²) in [5.74, 6) is 1.83. The second kappa shape index (κ2) is 9.67. The number of ether oxygens (including phenoxy) is 2. The molecule has 166 valence electrons. The number of benzene rings is 1. The van der Waals surface area contributed by atoms with Gasteiger partial charge in [0.05, 0.1) is 18.6 Å². The molecule has 0 N–H and O–H groups in total. The van der Waals surface area contributed by atoms with Crippen molar-refractivity contribution >= 4 is 5.91 Å². The number of carbonyl (C=O) groups excluding carboxylic acids is 1. The van der Waals surface area contributed by atoms with Gasteiger partial charge in [0.15, 0.2) is 0 Å². The van der Waals surface area contributed by atoms with Crippen LogP contribution in [0, 0.1) is 5.41 Å². The van der Waals surface area contributed by atoms with Crippen molar-refractivity contribution in [2.24, 2.45) is 5.41 Å². The first-order valence-electron chi connectivity index (χ1n) is 11.6. The standard InChI is InChI=1S/C24H37N3O3/c1-20(2)21-5-3-4-6-22(21)30-18-15-26-9-7-24(19-26)8-10-27(23(24)28)12-11-25-13-16-29-17-14-25/h3-6,20H,7-19H2,1-2H3. The fourth-order valence-corrected chi connectivity index (χ4v) is 5.09. The Bertz CT molecular complexity index is 719. The van der Waals surface area contributed by atoms with E-state index in [1.807, 2.05) is 6.07 Å². The van der Waals surface area contributed by atoms with Crippen LogP contribution in [0.1, 0.15) is 38.2 Å². The Morgan fingerprint density at radius 2 is 1.77 bits per heavy atom. The Labute approximate surface area is 181 Å². The van der Waals surface area contributed by atoms with Crippen molar-refractivity contribution in [3.05, 3.63) is 29.8 Å². The monoisotopic (exact) mass is 415 g/mol. The number of para-hydroxylation sites is 1. The molecule has 0 radical (unpaired) electrons. The Balaban J connectivity index is 1.23. The quantitative estimate of drug-likeness (QED) is 0.653. The maximum Gasteiger partial charge on any atom is 0.230 e. The summed E-state index contributed by atoms with van der Waals surface area (Å²) in [5, 5.41) is 0. The van der Waals surface area contributed by atoms with Crippen LogP contribution in [-0.4, -0.2) is 92.8 Å². The topological polar surface area (TPSA) is 45.2 Å². The van der Waals surface area contributed by atoms with E-state index >= 15 is 0 Å². The number of hydrogen-bond donors (Lipinski definition) is 0. The Hall–Kier alpha value is -1.63. The highest BCUT2D eigenvalue weighted by molar-refractivity contribution is 5.85. The van der Waals surface area contributed by atoms with E-state index < -0.39 is 0 Å². The summed E-state index contributed by atoms with van der Waals surface area (Å²) in [6, 6.07) is 8.32. The van der Waals surface area contributed by atoms with E-state index in [-0.39, 0.29) is 5.41 Å². The molecule has 0 aliphatic carbocycles.